The SMILES string of the molecule is CNC(C)c1ccc(N2CCC(CO)C2)c(F)c1. The van der Waals surface area contributed by atoms with E-state index in [-0.39, 0.29) is 24.4 Å². The van der Waals surface area contributed by atoms with Crippen LogP contribution >= 0.6 is 0 Å². The Balaban J connectivity index is 2.15. The Hall–Kier alpha value is -1.13. The van der Waals surface area contributed by atoms with Gasteiger partial charge in [-0.15, -0.1) is 0 Å². The zero-order valence-electron chi connectivity index (χ0n) is 11.0. The summed E-state index contributed by atoms with van der Waals surface area (Å²) in [5.41, 5.74) is 1.61. The Labute approximate surface area is 108 Å². The van der Waals surface area contributed by atoms with Crippen molar-refractivity contribution in [2.45, 2.75) is 19.4 Å². The molecule has 0 aromatic heterocycles. The first-order valence-corrected chi connectivity index (χ1v) is 6.48. The van der Waals surface area contributed by atoms with Crippen molar-refractivity contribution < 1.29 is 9.50 Å². The summed E-state index contributed by atoms with van der Waals surface area (Å²) in [6.07, 6.45) is 0.935. The van der Waals surface area contributed by atoms with E-state index in [0.717, 1.165) is 25.1 Å². The summed E-state index contributed by atoms with van der Waals surface area (Å²) < 4.78 is 14.1. The summed E-state index contributed by atoms with van der Waals surface area (Å²) in [7, 11) is 1.86. The minimum absolute atomic E-state index is 0.150. The molecule has 1 heterocycles. The number of hydrogen-bond donors (Lipinski definition) is 2. The summed E-state index contributed by atoms with van der Waals surface area (Å²) in [5.74, 6) is 0.105. The fourth-order valence-electron chi connectivity index (χ4n) is 2.42. The Morgan fingerprint density at radius 2 is 2.33 bits per heavy atom. The normalized spacial score (nSPS) is 21.3. The molecule has 1 saturated heterocycles. The fraction of sp³-hybridized carbons (Fsp3) is 0.571. The molecule has 0 spiro atoms. The average molecular weight is 252 g/mol. The first kappa shape index (κ1) is 13.3. The van der Waals surface area contributed by atoms with Crippen LogP contribution in [0.4, 0.5) is 10.1 Å². The van der Waals surface area contributed by atoms with Crippen molar-refractivity contribution in [2.75, 3.05) is 31.6 Å². The van der Waals surface area contributed by atoms with Gasteiger partial charge in [0, 0.05) is 31.7 Å². The molecule has 2 rings (SSSR count). The molecule has 1 aliphatic heterocycles. The molecule has 0 saturated carbocycles. The van der Waals surface area contributed by atoms with E-state index in [0.29, 0.717) is 5.69 Å². The maximum Gasteiger partial charge on any atom is 0.146 e. The highest BCUT2D eigenvalue weighted by atomic mass is 19.1. The second-order valence-corrected chi connectivity index (χ2v) is 5.00. The number of nitrogens with one attached hydrogen (secondary N) is 1. The Kier molecular flexibility index (Phi) is 4.19. The van der Waals surface area contributed by atoms with E-state index in [2.05, 4.69) is 5.32 Å². The van der Waals surface area contributed by atoms with Crippen LogP contribution in [0.5, 0.6) is 0 Å². The van der Waals surface area contributed by atoms with Crippen molar-refractivity contribution in [3.63, 3.8) is 0 Å². The van der Waals surface area contributed by atoms with Gasteiger partial charge in [-0.2, -0.15) is 0 Å². The molecule has 1 aromatic rings. The van der Waals surface area contributed by atoms with Gasteiger partial charge in [-0.05, 0) is 38.1 Å². The fourth-order valence-corrected chi connectivity index (χ4v) is 2.42. The van der Waals surface area contributed by atoms with Gasteiger partial charge in [0.2, 0.25) is 0 Å². The van der Waals surface area contributed by atoms with Crippen molar-refractivity contribution in [2.24, 2.45) is 5.92 Å². The summed E-state index contributed by atoms with van der Waals surface area (Å²) >= 11 is 0. The van der Waals surface area contributed by atoms with E-state index in [1.165, 1.54) is 0 Å². The molecular weight excluding hydrogens is 231 g/mol. The summed E-state index contributed by atoms with van der Waals surface area (Å²) in [6, 6.07) is 5.56. The van der Waals surface area contributed by atoms with E-state index in [4.69, 9.17) is 5.11 Å². The van der Waals surface area contributed by atoms with E-state index < -0.39 is 0 Å². The zero-order chi connectivity index (χ0) is 13.1. The summed E-state index contributed by atoms with van der Waals surface area (Å²) in [6.45, 7) is 3.76. The van der Waals surface area contributed by atoms with Crippen LogP contribution in [-0.2, 0) is 0 Å². The number of nitrogens with zero attached hydrogens (tertiary/aromatic N) is 1. The number of benzene rings is 1. The number of anilines is 1. The molecule has 0 aliphatic carbocycles. The smallest absolute Gasteiger partial charge is 0.146 e. The summed E-state index contributed by atoms with van der Waals surface area (Å²) in [4.78, 5) is 2.02. The van der Waals surface area contributed by atoms with E-state index >= 15 is 0 Å². The molecular formula is C14H21FN2O. The monoisotopic (exact) mass is 252 g/mol. The molecule has 3 nitrogen and oxygen atoms in total. The second kappa shape index (κ2) is 5.67. The van der Waals surface area contributed by atoms with Crippen LogP contribution in [0.3, 0.4) is 0 Å². The topological polar surface area (TPSA) is 35.5 Å². The van der Waals surface area contributed by atoms with Gasteiger partial charge in [0.1, 0.15) is 5.82 Å². The third-order valence-corrected chi connectivity index (χ3v) is 3.79. The highest BCUT2D eigenvalue weighted by Crippen LogP contribution is 2.28. The molecule has 0 bridgehead atoms. The van der Waals surface area contributed by atoms with Crippen LogP contribution < -0.4 is 10.2 Å². The molecule has 18 heavy (non-hydrogen) atoms. The third-order valence-electron chi connectivity index (χ3n) is 3.79. The number of aliphatic hydroxyl groups is 1. The lowest BCUT2D eigenvalue weighted by molar-refractivity contribution is 0.238. The van der Waals surface area contributed by atoms with Gasteiger partial charge in [0.25, 0.3) is 0 Å². The minimum atomic E-state index is -0.173. The van der Waals surface area contributed by atoms with Crippen LogP contribution in [-0.4, -0.2) is 31.9 Å². The lowest BCUT2D eigenvalue weighted by Gasteiger charge is -2.20. The number of halogens is 1. The average Bonchev–Trinajstić information content (AvgIpc) is 2.86. The van der Waals surface area contributed by atoms with E-state index in [9.17, 15) is 4.39 Å². The third kappa shape index (κ3) is 2.65. The van der Waals surface area contributed by atoms with Gasteiger partial charge in [-0.1, -0.05) is 6.07 Å². The molecule has 100 valence electrons. The van der Waals surface area contributed by atoms with Crippen molar-refractivity contribution in [3.05, 3.63) is 29.6 Å². The first-order chi connectivity index (χ1) is 8.65. The van der Waals surface area contributed by atoms with Crippen LogP contribution in [0.1, 0.15) is 24.9 Å². The number of rotatable bonds is 4. The lowest BCUT2D eigenvalue weighted by atomic mass is 10.1. The maximum atomic E-state index is 14.1. The number of aliphatic hydroxyl groups excluding tert-OH is 1. The van der Waals surface area contributed by atoms with Crippen LogP contribution in [0.2, 0.25) is 0 Å². The molecule has 2 N–H and O–H groups in total. The number of hydrogen-bond acceptors (Lipinski definition) is 3. The minimum Gasteiger partial charge on any atom is -0.396 e. The molecule has 4 heteroatoms. The van der Waals surface area contributed by atoms with E-state index in [1.807, 2.05) is 31.0 Å². The predicted molar refractivity (Wildman–Crippen MR) is 71.3 cm³/mol. The highest BCUT2D eigenvalue weighted by Gasteiger charge is 2.24. The van der Waals surface area contributed by atoms with Crippen LogP contribution in [0, 0.1) is 11.7 Å². The summed E-state index contributed by atoms with van der Waals surface area (Å²) in [5, 5.41) is 12.2. The Bertz CT molecular complexity index is 411. The van der Waals surface area contributed by atoms with Crippen molar-refractivity contribution in [3.8, 4) is 0 Å². The van der Waals surface area contributed by atoms with Gasteiger partial charge < -0.3 is 15.3 Å². The van der Waals surface area contributed by atoms with E-state index in [1.54, 1.807) is 6.07 Å². The van der Waals surface area contributed by atoms with Gasteiger partial charge in [-0.25, -0.2) is 4.39 Å². The zero-order valence-corrected chi connectivity index (χ0v) is 11.0. The van der Waals surface area contributed by atoms with Gasteiger partial charge in [-0.3, -0.25) is 0 Å². The molecule has 1 fully saturated rings. The molecule has 2 atom stereocenters. The van der Waals surface area contributed by atoms with Gasteiger partial charge in [0.05, 0.1) is 5.69 Å². The van der Waals surface area contributed by atoms with Crippen molar-refractivity contribution >= 4 is 5.69 Å². The van der Waals surface area contributed by atoms with Gasteiger partial charge in [0.15, 0.2) is 0 Å². The van der Waals surface area contributed by atoms with Gasteiger partial charge >= 0.3 is 0 Å². The largest absolute Gasteiger partial charge is 0.396 e. The lowest BCUT2D eigenvalue weighted by Crippen LogP contribution is -2.22. The van der Waals surface area contributed by atoms with Crippen molar-refractivity contribution in [1.82, 2.24) is 5.32 Å². The quantitative estimate of drug-likeness (QED) is 0.859. The van der Waals surface area contributed by atoms with Crippen molar-refractivity contribution in [1.29, 1.82) is 0 Å². The van der Waals surface area contributed by atoms with Crippen LogP contribution in [0.15, 0.2) is 18.2 Å². The molecule has 0 radical (unpaired) electrons. The standard InChI is InChI=1S/C14H21FN2O/c1-10(16-2)12-3-4-14(13(15)7-12)17-6-5-11(8-17)9-18/h3-4,7,10-11,16,18H,5-6,8-9H2,1-2H3. The highest BCUT2D eigenvalue weighted by molar-refractivity contribution is 5.50. The van der Waals surface area contributed by atoms with Crippen LogP contribution in [0.25, 0.3) is 0 Å². The second-order valence-electron chi connectivity index (χ2n) is 5.00. The maximum absolute atomic E-state index is 14.1. The first-order valence-electron chi connectivity index (χ1n) is 6.48. The Morgan fingerprint density at radius 1 is 1.56 bits per heavy atom. The molecule has 2 unspecified atom stereocenters. The molecule has 1 aromatic carbocycles. The molecule has 1 aliphatic rings. The Morgan fingerprint density at radius 3 is 2.89 bits per heavy atom. The molecule has 0 amide bonds. The predicted octanol–water partition coefficient (Wildman–Crippen LogP) is 1.92.